The van der Waals surface area contributed by atoms with Gasteiger partial charge in [0.25, 0.3) is 0 Å². The highest BCUT2D eigenvalue weighted by Gasteiger charge is 2.11. The van der Waals surface area contributed by atoms with Crippen molar-refractivity contribution in [2.75, 3.05) is 19.0 Å². The number of para-hydroxylation sites is 1. The van der Waals surface area contributed by atoms with Crippen molar-refractivity contribution in [1.82, 2.24) is 25.1 Å². The van der Waals surface area contributed by atoms with Crippen LogP contribution in [0.15, 0.2) is 55.1 Å². The highest BCUT2D eigenvalue weighted by atomic mass is 16.5. The van der Waals surface area contributed by atoms with E-state index < -0.39 is 0 Å². The normalized spacial score (nSPS) is 12.1. The van der Waals surface area contributed by atoms with Crippen molar-refractivity contribution in [1.29, 1.82) is 0 Å². The molecule has 27 heavy (non-hydrogen) atoms. The number of nitrogens with zero attached hydrogens (tertiary/aromatic N) is 4. The van der Waals surface area contributed by atoms with Crippen LogP contribution in [0.3, 0.4) is 0 Å². The molecule has 136 valence electrons. The molecule has 0 radical (unpaired) electrons. The lowest BCUT2D eigenvalue weighted by molar-refractivity contribution is 0.407. The highest BCUT2D eigenvalue weighted by molar-refractivity contribution is 5.79. The van der Waals surface area contributed by atoms with Crippen molar-refractivity contribution >= 4 is 16.9 Å². The van der Waals surface area contributed by atoms with E-state index in [-0.39, 0.29) is 5.92 Å². The standard InChI is InChI=1S/C20H20N6O/c1-13(16-5-3-4-6-18(16)27-2)9-21-19-8-17(23-12-24-19)14-7-15-11-25-26-20(15)22-10-14/h3-8,10-13H,9H2,1-2H3,(H,21,23,24)(H,22,25,26). The summed E-state index contributed by atoms with van der Waals surface area (Å²) < 4.78 is 5.46. The Morgan fingerprint density at radius 1 is 1.11 bits per heavy atom. The fourth-order valence-corrected chi connectivity index (χ4v) is 3.03. The van der Waals surface area contributed by atoms with Crippen LogP contribution in [0.25, 0.3) is 22.3 Å². The summed E-state index contributed by atoms with van der Waals surface area (Å²) in [4.78, 5) is 13.1. The average molecular weight is 360 g/mol. The van der Waals surface area contributed by atoms with E-state index in [9.17, 15) is 0 Å². The maximum Gasteiger partial charge on any atom is 0.155 e. The smallest absolute Gasteiger partial charge is 0.155 e. The van der Waals surface area contributed by atoms with Gasteiger partial charge >= 0.3 is 0 Å². The van der Waals surface area contributed by atoms with Gasteiger partial charge in [0.05, 0.1) is 19.0 Å². The van der Waals surface area contributed by atoms with Crippen LogP contribution in [-0.2, 0) is 0 Å². The van der Waals surface area contributed by atoms with Gasteiger partial charge in [0.1, 0.15) is 17.9 Å². The summed E-state index contributed by atoms with van der Waals surface area (Å²) in [5.74, 6) is 1.94. The molecule has 3 heterocycles. The molecule has 0 fully saturated rings. The first-order chi connectivity index (χ1) is 13.2. The van der Waals surface area contributed by atoms with Crippen molar-refractivity contribution in [2.24, 2.45) is 0 Å². The third-order valence-electron chi connectivity index (χ3n) is 4.51. The molecule has 3 aromatic heterocycles. The molecule has 7 heteroatoms. The Bertz CT molecular complexity index is 1060. The summed E-state index contributed by atoms with van der Waals surface area (Å²) >= 11 is 0. The minimum atomic E-state index is 0.267. The summed E-state index contributed by atoms with van der Waals surface area (Å²) in [6, 6.07) is 12.0. The van der Waals surface area contributed by atoms with Crippen molar-refractivity contribution in [3.63, 3.8) is 0 Å². The summed E-state index contributed by atoms with van der Waals surface area (Å²) in [6.45, 7) is 2.89. The van der Waals surface area contributed by atoms with Crippen LogP contribution in [0.2, 0.25) is 0 Å². The van der Waals surface area contributed by atoms with Crippen LogP contribution < -0.4 is 10.1 Å². The van der Waals surface area contributed by atoms with E-state index in [1.807, 2.05) is 30.3 Å². The number of ether oxygens (including phenoxy) is 1. The fourth-order valence-electron chi connectivity index (χ4n) is 3.03. The minimum absolute atomic E-state index is 0.267. The van der Waals surface area contributed by atoms with Crippen molar-refractivity contribution in [3.8, 4) is 17.0 Å². The highest BCUT2D eigenvalue weighted by Crippen LogP contribution is 2.27. The first-order valence-electron chi connectivity index (χ1n) is 8.73. The SMILES string of the molecule is COc1ccccc1C(C)CNc1cc(-c2cnc3[nH]ncc3c2)ncn1. The third kappa shape index (κ3) is 3.57. The van der Waals surface area contributed by atoms with Crippen LogP contribution >= 0.6 is 0 Å². The van der Waals surface area contributed by atoms with Gasteiger partial charge in [-0.05, 0) is 17.7 Å². The molecule has 0 saturated heterocycles. The Hall–Kier alpha value is -3.48. The number of nitrogens with one attached hydrogen (secondary N) is 2. The van der Waals surface area contributed by atoms with E-state index in [4.69, 9.17) is 4.74 Å². The van der Waals surface area contributed by atoms with E-state index in [2.05, 4.69) is 43.5 Å². The fraction of sp³-hybridized carbons (Fsp3) is 0.200. The molecular formula is C20H20N6O. The Balaban J connectivity index is 1.51. The van der Waals surface area contributed by atoms with Crippen LogP contribution in [0.4, 0.5) is 5.82 Å². The Morgan fingerprint density at radius 3 is 2.89 bits per heavy atom. The van der Waals surface area contributed by atoms with E-state index in [1.54, 1.807) is 25.8 Å². The van der Waals surface area contributed by atoms with E-state index in [0.717, 1.165) is 46.0 Å². The summed E-state index contributed by atoms with van der Waals surface area (Å²) in [5.41, 5.74) is 3.66. The predicted molar refractivity (Wildman–Crippen MR) is 105 cm³/mol. The Morgan fingerprint density at radius 2 is 2.00 bits per heavy atom. The number of fused-ring (bicyclic) bond motifs is 1. The van der Waals surface area contributed by atoms with Crippen molar-refractivity contribution in [3.05, 3.63) is 60.7 Å². The maximum absolute atomic E-state index is 5.46. The van der Waals surface area contributed by atoms with Crippen LogP contribution in [-0.4, -0.2) is 38.8 Å². The van der Waals surface area contributed by atoms with E-state index in [1.165, 1.54) is 0 Å². The topological polar surface area (TPSA) is 88.6 Å². The number of aromatic amines is 1. The van der Waals surface area contributed by atoms with Gasteiger partial charge in [-0.15, -0.1) is 0 Å². The van der Waals surface area contributed by atoms with E-state index >= 15 is 0 Å². The molecule has 2 N–H and O–H groups in total. The molecule has 0 amide bonds. The number of hydrogen-bond acceptors (Lipinski definition) is 6. The summed E-state index contributed by atoms with van der Waals surface area (Å²) in [6.07, 6.45) is 5.09. The first-order valence-corrected chi connectivity index (χ1v) is 8.73. The molecule has 7 nitrogen and oxygen atoms in total. The molecule has 0 bridgehead atoms. The molecule has 1 unspecified atom stereocenters. The monoisotopic (exact) mass is 360 g/mol. The Labute approximate surface area is 156 Å². The van der Waals surface area contributed by atoms with Gasteiger partial charge in [-0.1, -0.05) is 25.1 Å². The maximum atomic E-state index is 5.46. The zero-order valence-electron chi connectivity index (χ0n) is 15.2. The van der Waals surface area contributed by atoms with Crippen LogP contribution in [0.1, 0.15) is 18.4 Å². The number of hydrogen-bond donors (Lipinski definition) is 2. The average Bonchev–Trinajstić information content (AvgIpc) is 3.20. The van der Waals surface area contributed by atoms with Crippen LogP contribution in [0, 0.1) is 0 Å². The minimum Gasteiger partial charge on any atom is -0.496 e. The molecule has 0 saturated carbocycles. The van der Waals surface area contributed by atoms with Gasteiger partial charge in [-0.25, -0.2) is 15.0 Å². The van der Waals surface area contributed by atoms with E-state index in [0.29, 0.717) is 0 Å². The lowest BCUT2D eigenvalue weighted by atomic mass is 10.00. The zero-order chi connectivity index (χ0) is 18.6. The summed E-state index contributed by atoms with van der Waals surface area (Å²) in [5, 5.41) is 11.2. The van der Waals surface area contributed by atoms with Crippen molar-refractivity contribution < 1.29 is 4.74 Å². The van der Waals surface area contributed by atoms with Gasteiger partial charge in [0.2, 0.25) is 0 Å². The second kappa shape index (κ2) is 7.41. The van der Waals surface area contributed by atoms with Crippen LogP contribution in [0.5, 0.6) is 5.75 Å². The number of methoxy groups -OCH3 is 1. The molecule has 4 rings (SSSR count). The van der Waals surface area contributed by atoms with Crippen molar-refractivity contribution in [2.45, 2.75) is 12.8 Å². The third-order valence-corrected chi connectivity index (χ3v) is 4.51. The molecule has 1 aromatic carbocycles. The molecule has 0 aliphatic heterocycles. The lowest BCUT2D eigenvalue weighted by Gasteiger charge is -2.16. The largest absolute Gasteiger partial charge is 0.496 e. The lowest BCUT2D eigenvalue weighted by Crippen LogP contribution is -2.12. The number of aromatic nitrogens is 5. The van der Waals surface area contributed by atoms with Gasteiger partial charge in [0, 0.05) is 35.7 Å². The molecule has 4 aromatic rings. The number of H-pyrrole nitrogens is 1. The number of benzene rings is 1. The second-order valence-electron chi connectivity index (χ2n) is 6.34. The quantitative estimate of drug-likeness (QED) is 0.546. The molecular weight excluding hydrogens is 340 g/mol. The van der Waals surface area contributed by atoms with Gasteiger partial charge in [-0.2, -0.15) is 5.10 Å². The van der Waals surface area contributed by atoms with Gasteiger partial charge in [0.15, 0.2) is 5.65 Å². The van der Waals surface area contributed by atoms with Gasteiger partial charge in [-0.3, -0.25) is 5.10 Å². The Kier molecular flexibility index (Phi) is 4.65. The molecule has 0 aliphatic rings. The first kappa shape index (κ1) is 17.0. The number of rotatable bonds is 6. The summed E-state index contributed by atoms with van der Waals surface area (Å²) in [7, 11) is 1.69. The molecule has 0 spiro atoms. The number of anilines is 1. The zero-order valence-corrected chi connectivity index (χ0v) is 15.2. The number of pyridine rings is 1. The molecule has 0 aliphatic carbocycles. The van der Waals surface area contributed by atoms with Gasteiger partial charge < -0.3 is 10.1 Å². The molecule has 1 atom stereocenters. The predicted octanol–water partition coefficient (Wildman–Crippen LogP) is 3.64. The second-order valence-corrected chi connectivity index (χ2v) is 6.34.